The molecule has 2 aliphatic heterocycles. The molecule has 4 rings (SSSR count). The highest BCUT2D eigenvalue weighted by atomic mass is 32.1. The highest BCUT2D eigenvalue weighted by Gasteiger charge is 2.53. The fourth-order valence-corrected chi connectivity index (χ4v) is 4.12. The lowest BCUT2D eigenvalue weighted by atomic mass is 9.81. The summed E-state index contributed by atoms with van der Waals surface area (Å²) in [4.78, 5) is 11.2. The largest absolute Gasteiger partial charge is 0.477 e. The van der Waals surface area contributed by atoms with Crippen molar-refractivity contribution in [3.8, 4) is 5.88 Å². The number of hydrogen-bond donors (Lipinski definition) is 0. The average Bonchev–Trinajstić information content (AvgIpc) is 3.12. The Balaban J connectivity index is 1.32. The molecule has 2 aliphatic rings. The van der Waals surface area contributed by atoms with Crippen LogP contribution in [-0.2, 0) is 11.3 Å². The second-order valence-electron chi connectivity index (χ2n) is 6.38. The van der Waals surface area contributed by atoms with Crippen molar-refractivity contribution in [3.05, 3.63) is 40.5 Å². The van der Waals surface area contributed by atoms with Crippen LogP contribution < -0.4 is 4.74 Å². The molecule has 2 saturated heterocycles. The molecule has 1 atom stereocenters. The fourth-order valence-electron chi connectivity index (χ4n) is 3.52. The number of nitrogens with zero attached hydrogens (tertiary/aromatic N) is 3. The van der Waals surface area contributed by atoms with E-state index in [1.54, 1.807) is 17.5 Å². The first-order valence-electron chi connectivity index (χ1n) is 8.05. The van der Waals surface area contributed by atoms with Crippen LogP contribution in [0.4, 0.5) is 0 Å². The zero-order chi connectivity index (χ0) is 15.7. The molecule has 0 radical (unpaired) electrons. The van der Waals surface area contributed by atoms with Crippen molar-refractivity contribution < 1.29 is 9.47 Å². The number of ether oxygens (including phenoxy) is 2. The molecular weight excluding hydrogens is 310 g/mol. The summed E-state index contributed by atoms with van der Waals surface area (Å²) in [6.07, 6.45) is 2.83. The van der Waals surface area contributed by atoms with Crippen LogP contribution in [0.1, 0.15) is 17.1 Å². The highest BCUT2D eigenvalue weighted by molar-refractivity contribution is 7.09. The summed E-state index contributed by atoms with van der Waals surface area (Å²) in [5, 5.41) is 3.28. The molecule has 0 N–H and O–H groups in total. The molecule has 1 unspecified atom stereocenters. The van der Waals surface area contributed by atoms with E-state index in [9.17, 15) is 0 Å². The summed E-state index contributed by atoms with van der Waals surface area (Å²) < 4.78 is 11.9. The van der Waals surface area contributed by atoms with E-state index in [0.29, 0.717) is 18.4 Å². The Labute approximate surface area is 140 Å². The van der Waals surface area contributed by atoms with Crippen molar-refractivity contribution in [1.82, 2.24) is 14.9 Å². The molecule has 0 amide bonds. The standard InChI is InChI=1S/C17H21N3O2S/c1-13-19-15(10-23-13)8-20-11-17(12-20)14(5-7-22-17)9-21-16-4-2-3-6-18-16/h2-4,6,10,14H,5,7-9,11-12H2,1H3. The average molecular weight is 331 g/mol. The van der Waals surface area contributed by atoms with Crippen molar-refractivity contribution in [2.45, 2.75) is 25.5 Å². The third-order valence-electron chi connectivity index (χ3n) is 4.70. The third kappa shape index (κ3) is 3.11. The second kappa shape index (κ2) is 6.19. The molecule has 0 bridgehead atoms. The van der Waals surface area contributed by atoms with Gasteiger partial charge >= 0.3 is 0 Å². The number of rotatable bonds is 5. The molecular formula is C17H21N3O2S. The number of aryl methyl sites for hydroxylation is 1. The van der Waals surface area contributed by atoms with Gasteiger partial charge in [0.1, 0.15) is 0 Å². The van der Waals surface area contributed by atoms with E-state index in [4.69, 9.17) is 9.47 Å². The Morgan fingerprint density at radius 3 is 3.09 bits per heavy atom. The van der Waals surface area contributed by atoms with Gasteiger partial charge in [0, 0.05) is 49.8 Å². The molecule has 122 valence electrons. The van der Waals surface area contributed by atoms with Gasteiger partial charge in [-0.15, -0.1) is 11.3 Å². The maximum Gasteiger partial charge on any atom is 0.213 e. The molecule has 4 heterocycles. The highest BCUT2D eigenvalue weighted by Crippen LogP contribution is 2.40. The number of thiazole rings is 1. The van der Waals surface area contributed by atoms with Crippen molar-refractivity contribution >= 4 is 11.3 Å². The zero-order valence-electron chi connectivity index (χ0n) is 13.3. The van der Waals surface area contributed by atoms with Gasteiger partial charge < -0.3 is 9.47 Å². The monoisotopic (exact) mass is 331 g/mol. The van der Waals surface area contributed by atoms with Crippen LogP contribution in [0.2, 0.25) is 0 Å². The van der Waals surface area contributed by atoms with Gasteiger partial charge in [0.05, 0.1) is 22.9 Å². The van der Waals surface area contributed by atoms with Gasteiger partial charge in [0.15, 0.2) is 0 Å². The molecule has 2 fully saturated rings. The van der Waals surface area contributed by atoms with Crippen LogP contribution in [0.3, 0.4) is 0 Å². The van der Waals surface area contributed by atoms with E-state index in [0.717, 1.165) is 37.7 Å². The fraction of sp³-hybridized carbons (Fsp3) is 0.529. The maximum absolute atomic E-state index is 6.09. The number of aromatic nitrogens is 2. The molecule has 0 saturated carbocycles. The van der Waals surface area contributed by atoms with Gasteiger partial charge in [0.25, 0.3) is 0 Å². The molecule has 5 nitrogen and oxygen atoms in total. The summed E-state index contributed by atoms with van der Waals surface area (Å²) in [6, 6.07) is 5.75. The van der Waals surface area contributed by atoms with E-state index in [-0.39, 0.29) is 5.60 Å². The maximum atomic E-state index is 6.09. The van der Waals surface area contributed by atoms with Gasteiger partial charge in [-0.2, -0.15) is 0 Å². The zero-order valence-corrected chi connectivity index (χ0v) is 14.1. The van der Waals surface area contributed by atoms with Gasteiger partial charge in [-0.05, 0) is 19.4 Å². The summed E-state index contributed by atoms with van der Waals surface area (Å²) in [7, 11) is 0. The van der Waals surface area contributed by atoms with Crippen LogP contribution in [0.15, 0.2) is 29.8 Å². The number of pyridine rings is 1. The third-order valence-corrected chi connectivity index (χ3v) is 5.53. The lowest BCUT2D eigenvalue weighted by Gasteiger charge is -2.50. The van der Waals surface area contributed by atoms with Crippen LogP contribution in [0.5, 0.6) is 5.88 Å². The Hall–Kier alpha value is -1.50. The molecule has 0 aromatic carbocycles. The van der Waals surface area contributed by atoms with E-state index in [2.05, 4.69) is 27.2 Å². The lowest BCUT2D eigenvalue weighted by Crippen LogP contribution is -2.64. The minimum atomic E-state index is -0.0279. The first-order chi connectivity index (χ1) is 11.2. The Kier molecular flexibility index (Phi) is 4.05. The van der Waals surface area contributed by atoms with E-state index in [1.807, 2.05) is 18.2 Å². The summed E-state index contributed by atoms with van der Waals surface area (Å²) in [5.41, 5.74) is 1.14. The minimum Gasteiger partial charge on any atom is -0.477 e. The molecule has 23 heavy (non-hydrogen) atoms. The molecule has 0 aliphatic carbocycles. The van der Waals surface area contributed by atoms with Gasteiger partial charge in [-0.1, -0.05) is 6.07 Å². The summed E-state index contributed by atoms with van der Waals surface area (Å²) in [5.74, 6) is 1.14. The van der Waals surface area contributed by atoms with Crippen LogP contribution >= 0.6 is 11.3 Å². The van der Waals surface area contributed by atoms with Crippen molar-refractivity contribution in [1.29, 1.82) is 0 Å². The number of likely N-dealkylation sites (tertiary alicyclic amines) is 1. The lowest BCUT2D eigenvalue weighted by molar-refractivity contribution is -0.141. The summed E-state index contributed by atoms with van der Waals surface area (Å²) >= 11 is 1.72. The van der Waals surface area contributed by atoms with E-state index in [1.165, 1.54) is 5.69 Å². The normalized spacial score (nSPS) is 23.1. The second-order valence-corrected chi connectivity index (χ2v) is 7.44. The molecule has 2 aromatic rings. The van der Waals surface area contributed by atoms with Crippen molar-refractivity contribution in [3.63, 3.8) is 0 Å². The smallest absolute Gasteiger partial charge is 0.213 e. The first-order valence-corrected chi connectivity index (χ1v) is 8.93. The van der Waals surface area contributed by atoms with E-state index >= 15 is 0 Å². The summed E-state index contributed by atoms with van der Waals surface area (Å²) in [6.45, 7) is 6.43. The SMILES string of the molecule is Cc1nc(CN2CC3(C2)OCCC3COc2ccccn2)cs1. The predicted molar refractivity (Wildman–Crippen MR) is 88.7 cm³/mol. The molecule has 2 aromatic heterocycles. The quantitative estimate of drug-likeness (QED) is 0.842. The Morgan fingerprint density at radius 1 is 1.43 bits per heavy atom. The van der Waals surface area contributed by atoms with Crippen LogP contribution in [0, 0.1) is 12.8 Å². The van der Waals surface area contributed by atoms with Gasteiger partial charge in [-0.3, -0.25) is 4.90 Å². The predicted octanol–water partition coefficient (Wildman–Crippen LogP) is 2.52. The van der Waals surface area contributed by atoms with Gasteiger partial charge in [0.2, 0.25) is 5.88 Å². The van der Waals surface area contributed by atoms with Crippen molar-refractivity contribution in [2.75, 3.05) is 26.3 Å². The Morgan fingerprint density at radius 2 is 2.35 bits per heavy atom. The van der Waals surface area contributed by atoms with Crippen LogP contribution in [0.25, 0.3) is 0 Å². The van der Waals surface area contributed by atoms with Crippen molar-refractivity contribution in [2.24, 2.45) is 5.92 Å². The minimum absolute atomic E-state index is 0.0279. The molecule has 1 spiro atoms. The van der Waals surface area contributed by atoms with Gasteiger partial charge in [-0.25, -0.2) is 9.97 Å². The topological polar surface area (TPSA) is 47.5 Å². The Bertz CT molecular complexity index is 655. The first kappa shape index (κ1) is 15.1. The number of hydrogen-bond acceptors (Lipinski definition) is 6. The molecule has 6 heteroatoms. The van der Waals surface area contributed by atoms with Crippen LogP contribution in [-0.4, -0.2) is 46.8 Å². The van der Waals surface area contributed by atoms with E-state index < -0.39 is 0 Å².